The molecular formula is C9H11N3O2. The van der Waals surface area contributed by atoms with E-state index in [9.17, 15) is 4.79 Å². The van der Waals surface area contributed by atoms with Gasteiger partial charge in [-0.2, -0.15) is 0 Å². The Bertz CT molecular complexity index is 332. The number of hydrogen-bond donors (Lipinski definition) is 3. The Morgan fingerprint density at radius 1 is 1.50 bits per heavy atom. The number of rotatable bonds is 4. The first-order chi connectivity index (χ1) is 6.74. The van der Waals surface area contributed by atoms with E-state index in [0.29, 0.717) is 6.54 Å². The molecule has 0 bridgehead atoms. The molecule has 0 aromatic heterocycles. The van der Waals surface area contributed by atoms with Crippen LogP contribution in [0.4, 0.5) is 0 Å². The Hall–Kier alpha value is -1.88. The van der Waals surface area contributed by atoms with Gasteiger partial charge in [0.2, 0.25) is 0 Å². The first kappa shape index (κ1) is 10.2. The second kappa shape index (κ2) is 4.98. The first-order valence-corrected chi connectivity index (χ1v) is 4.00. The van der Waals surface area contributed by atoms with Gasteiger partial charge in [0, 0.05) is 0 Å². The van der Waals surface area contributed by atoms with Crippen LogP contribution in [-0.4, -0.2) is 17.4 Å². The number of carboxylic acids is 1. The maximum Gasteiger partial charge on any atom is 0.335 e. The molecule has 1 rings (SSSR count). The lowest BCUT2D eigenvalue weighted by atomic mass is 10.1. The standard InChI is InChI=1S/C9H11N3O2/c10-12-6-11-5-7-1-3-8(4-2-7)9(13)14/h1-4,6H,5,10H2,(H,11,12)(H,13,14). The fourth-order valence-electron chi connectivity index (χ4n) is 0.956. The molecule has 0 atom stereocenters. The van der Waals surface area contributed by atoms with Gasteiger partial charge in [0.25, 0.3) is 0 Å². The number of carboxylic acid groups (broad SMARTS) is 1. The summed E-state index contributed by atoms with van der Waals surface area (Å²) < 4.78 is 0. The molecule has 0 saturated carbocycles. The molecule has 0 fully saturated rings. The van der Waals surface area contributed by atoms with E-state index in [2.05, 4.69) is 10.4 Å². The summed E-state index contributed by atoms with van der Waals surface area (Å²) >= 11 is 0. The minimum atomic E-state index is -0.927. The van der Waals surface area contributed by atoms with Crippen LogP contribution in [0.3, 0.4) is 0 Å². The third kappa shape index (κ3) is 2.87. The molecule has 0 aliphatic rings. The number of benzene rings is 1. The predicted octanol–water partition coefficient (Wildman–Crippen LogP) is 0.376. The maximum atomic E-state index is 10.5. The fourth-order valence-corrected chi connectivity index (χ4v) is 0.956. The second-order valence-electron chi connectivity index (χ2n) is 2.64. The van der Waals surface area contributed by atoms with E-state index in [4.69, 9.17) is 10.9 Å². The molecule has 1 aromatic rings. The number of aromatic carboxylic acids is 1. The quantitative estimate of drug-likeness (QED) is 0.279. The second-order valence-corrected chi connectivity index (χ2v) is 2.64. The van der Waals surface area contributed by atoms with Crippen molar-refractivity contribution in [3.63, 3.8) is 0 Å². The summed E-state index contributed by atoms with van der Waals surface area (Å²) in [4.78, 5) is 14.4. The first-order valence-electron chi connectivity index (χ1n) is 4.00. The van der Waals surface area contributed by atoms with Crippen LogP contribution in [0, 0.1) is 0 Å². The maximum absolute atomic E-state index is 10.5. The number of nitrogens with zero attached hydrogens (tertiary/aromatic N) is 1. The third-order valence-electron chi connectivity index (χ3n) is 1.64. The molecule has 74 valence electrons. The highest BCUT2D eigenvalue weighted by Crippen LogP contribution is 2.05. The number of nitrogens with two attached hydrogens (primary N) is 1. The van der Waals surface area contributed by atoms with Crippen molar-refractivity contribution < 1.29 is 9.90 Å². The molecule has 1 aromatic carbocycles. The molecule has 5 heteroatoms. The average molecular weight is 193 g/mol. The monoisotopic (exact) mass is 193 g/mol. The Morgan fingerprint density at radius 2 is 2.14 bits per heavy atom. The normalized spacial score (nSPS) is 10.4. The summed E-state index contributed by atoms with van der Waals surface area (Å²) in [6.07, 6.45) is 1.38. The topological polar surface area (TPSA) is 87.7 Å². The molecule has 0 unspecified atom stereocenters. The molecule has 4 N–H and O–H groups in total. The van der Waals surface area contributed by atoms with Crippen molar-refractivity contribution in [3.8, 4) is 0 Å². The van der Waals surface area contributed by atoms with E-state index in [1.54, 1.807) is 24.3 Å². The summed E-state index contributed by atoms with van der Waals surface area (Å²) in [5, 5.41) is 8.63. The van der Waals surface area contributed by atoms with E-state index in [-0.39, 0.29) is 5.56 Å². The SMILES string of the molecule is NNC=NCc1ccc(C(=O)O)cc1. The molecule has 5 nitrogen and oxygen atoms in total. The minimum Gasteiger partial charge on any atom is -0.478 e. The average Bonchev–Trinajstić information content (AvgIpc) is 2.19. The summed E-state index contributed by atoms with van der Waals surface area (Å²) in [6, 6.07) is 6.53. The number of hydrazine groups is 1. The smallest absolute Gasteiger partial charge is 0.335 e. The van der Waals surface area contributed by atoms with Crippen LogP contribution < -0.4 is 11.3 Å². The minimum absolute atomic E-state index is 0.273. The largest absolute Gasteiger partial charge is 0.478 e. The zero-order valence-corrected chi connectivity index (χ0v) is 7.47. The van der Waals surface area contributed by atoms with Crippen molar-refractivity contribution in [1.29, 1.82) is 0 Å². The van der Waals surface area contributed by atoms with Gasteiger partial charge in [-0.15, -0.1) is 0 Å². The number of aliphatic imine (C=N–C) groups is 1. The predicted molar refractivity (Wildman–Crippen MR) is 52.9 cm³/mol. The number of carbonyl (C=O) groups is 1. The Labute approximate surface area is 81.2 Å². The third-order valence-corrected chi connectivity index (χ3v) is 1.64. The van der Waals surface area contributed by atoms with Gasteiger partial charge in [0.15, 0.2) is 0 Å². The van der Waals surface area contributed by atoms with Gasteiger partial charge in [-0.1, -0.05) is 12.1 Å². The van der Waals surface area contributed by atoms with Gasteiger partial charge in [-0.25, -0.2) is 10.6 Å². The lowest BCUT2D eigenvalue weighted by Crippen LogP contribution is -2.19. The Morgan fingerprint density at radius 3 is 2.64 bits per heavy atom. The molecule has 14 heavy (non-hydrogen) atoms. The number of nitrogens with one attached hydrogen (secondary N) is 1. The van der Waals surface area contributed by atoms with Crippen LogP contribution in [0.15, 0.2) is 29.3 Å². The molecule has 0 heterocycles. The van der Waals surface area contributed by atoms with Crippen LogP contribution in [-0.2, 0) is 6.54 Å². The lowest BCUT2D eigenvalue weighted by molar-refractivity contribution is 0.0697. The highest BCUT2D eigenvalue weighted by Gasteiger charge is 2.00. The Kier molecular flexibility index (Phi) is 3.63. The van der Waals surface area contributed by atoms with Gasteiger partial charge in [-0.05, 0) is 17.7 Å². The summed E-state index contributed by atoms with van der Waals surface area (Å²) in [6.45, 7) is 0.476. The van der Waals surface area contributed by atoms with E-state index in [1.165, 1.54) is 6.34 Å². The van der Waals surface area contributed by atoms with Crippen LogP contribution in [0.1, 0.15) is 15.9 Å². The molecule has 0 aliphatic carbocycles. The highest BCUT2D eigenvalue weighted by atomic mass is 16.4. The molecule has 0 spiro atoms. The van der Waals surface area contributed by atoms with E-state index in [1.807, 2.05) is 0 Å². The van der Waals surface area contributed by atoms with Crippen molar-refractivity contribution in [2.45, 2.75) is 6.54 Å². The van der Waals surface area contributed by atoms with Gasteiger partial charge in [-0.3, -0.25) is 4.99 Å². The lowest BCUT2D eigenvalue weighted by Gasteiger charge is -1.97. The van der Waals surface area contributed by atoms with Crippen LogP contribution in [0.5, 0.6) is 0 Å². The highest BCUT2D eigenvalue weighted by molar-refractivity contribution is 5.87. The van der Waals surface area contributed by atoms with Crippen molar-refractivity contribution >= 4 is 12.3 Å². The van der Waals surface area contributed by atoms with E-state index < -0.39 is 5.97 Å². The van der Waals surface area contributed by atoms with Gasteiger partial charge >= 0.3 is 5.97 Å². The summed E-state index contributed by atoms with van der Waals surface area (Å²) in [7, 11) is 0. The van der Waals surface area contributed by atoms with Crippen molar-refractivity contribution in [2.24, 2.45) is 10.8 Å². The molecule has 0 saturated heterocycles. The number of hydrogen-bond acceptors (Lipinski definition) is 3. The van der Waals surface area contributed by atoms with Crippen LogP contribution in [0.2, 0.25) is 0 Å². The Balaban J connectivity index is 2.64. The van der Waals surface area contributed by atoms with Crippen molar-refractivity contribution in [2.75, 3.05) is 0 Å². The molecule has 0 aliphatic heterocycles. The van der Waals surface area contributed by atoms with Crippen LogP contribution in [0.25, 0.3) is 0 Å². The zero-order chi connectivity index (χ0) is 10.4. The van der Waals surface area contributed by atoms with E-state index >= 15 is 0 Å². The van der Waals surface area contributed by atoms with Gasteiger partial charge in [0.1, 0.15) is 0 Å². The molecule has 0 radical (unpaired) electrons. The molecule has 0 amide bonds. The molecular weight excluding hydrogens is 182 g/mol. The summed E-state index contributed by atoms with van der Waals surface area (Å²) in [5.74, 6) is 4.05. The van der Waals surface area contributed by atoms with Crippen molar-refractivity contribution in [1.82, 2.24) is 5.43 Å². The summed E-state index contributed by atoms with van der Waals surface area (Å²) in [5.41, 5.74) is 3.49. The van der Waals surface area contributed by atoms with Gasteiger partial charge in [0.05, 0.1) is 18.4 Å². The van der Waals surface area contributed by atoms with Gasteiger partial charge < -0.3 is 10.5 Å². The van der Waals surface area contributed by atoms with E-state index in [0.717, 1.165) is 5.56 Å². The zero-order valence-electron chi connectivity index (χ0n) is 7.47. The van der Waals surface area contributed by atoms with Crippen molar-refractivity contribution in [3.05, 3.63) is 35.4 Å². The van der Waals surface area contributed by atoms with Crippen LogP contribution >= 0.6 is 0 Å². The fraction of sp³-hybridized carbons (Fsp3) is 0.111.